The maximum atomic E-state index is 10.2. The Labute approximate surface area is 124 Å². The van der Waals surface area contributed by atoms with E-state index in [1.54, 1.807) is 0 Å². The minimum Gasteiger partial charge on any atom is -0.392 e. The lowest BCUT2D eigenvalue weighted by Gasteiger charge is -2.23. The van der Waals surface area contributed by atoms with Crippen LogP contribution in [0.5, 0.6) is 0 Å². The molecule has 0 saturated carbocycles. The van der Waals surface area contributed by atoms with Crippen LogP contribution in [-0.2, 0) is 6.42 Å². The van der Waals surface area contributed by atoms with Crippen molar-refractivity contribution in [1.29, 1.82) is 0 Å². The van der Waals surface area contributed by atoms with Crippen LogP contribution in [0.3, 0.4) is 0 Å². The largest absolute Gasteiger partial charge is 0.392 e. The summed E-state index contributed by atoms with van der Waals surface area (Å²) in [6.07, 6.45) is 4.18. The Morgan fingerprint density at radius 1 is 1.05 bits per heavy atom. The monoisotopic (exact) mass is 277 g/mol. The Balaban J connectivity index is 2.47. The van der Waals surface area contributed by atoms with Crippen LogP contribution in [0.15, 0.2) is 24.3 Å². The summed E-state index contributed by atoms with van der Waals surface area (Å²) in [6.45, 7) is 9.33. The molecular formula is C18H31NO. The number of benzene rings is 1. The molecule has 2 atom stereocenters. The Bertz CT molecular complexity index is 356. The van der Waals surface area contributed by atoms with E-state index in [1.165, 1.54) is 17.5 Å². The molecule has 0 radical (unpaired) electrons. The molecule has 1 aromatic rings. The van der Waals surface area contributed by atoms with Crippen LogP contribution in [0.2, 0.25) is 0 Å². The van der Waals surface area contributed by atoms with Crippen LogP contribution in [0.25, 0.3) is 0 Å². The lowest BCUT2D eigenvalue weighted by molar-refractivity contribution is 0.0989. The summed E-state index contributed by atoms with van der Waals surface area (Å²) in [5, 5.41) is 13.6. The maximum absolute atomic E-state index is 10.2. The van der Waals surface area contributed by atoms with Crippen molar-refractivity contribution in [2.75, 3.05) is 6.54 Å². The highest BCUT2D eigenvalue weighted by Gasteiger charge is 2.16. The van der Waals surface area contributed by atoms with Gasteiger partial charge in [-0.3, -0.25) is 0 Å². The van der Waals surface area contributed by atoms with Gasteiger partial charge in [0.15, 0.2) is 0 Å². The third-order valence-corrected chi connectivity index (χ3v) is 4.24. The maximum Gasteiger partial charge on any atom is 0.0692 e. The zero-order valence-electron chi connectivity index (χ0n) is 13.5. The first-order chi connectivity index (χ1) is 9.62. The molecule has 0 heterocycles. The molecule has 0 aliphatic heterocycles. The summed E-state index contributed by atoms with van der Waals surface area (Å²) in [5.74, 6) is 0.404. The van der Waals surface area contributed by atoms with E-state index in [9.17, 15) is 5.11 Å². The molecule has 0 aliphatic rings. The predicted molar refractivity (Wildman–Crippen MR) is 86.9 cm³/mol. The molecule has 2 nitrogen and oxygen atoms in total. The van der Waals surface area contributed by atoms with Crippen LogP contribution in [0.4, 0.5) is 0 Å². The van der Waals surface area contributed by atoms with Crippen LogP contribution in [-0.4, -0.2) is 17.8 Å². The first-order valence-electron chi connectivity index (χ1n) is 8.12. The van der Waals surface area contributed by atoms with Gasteiger partial charge in [0.2, 0.25) is 0 Å². The first kappa shape index (κ1) is 17.2. The van der Waals surface area contributed by atoms with Crippen molar-refractivity contribution in [3.05, 3.63) is 35.4 Å². The van der Waals surface area contributed by atoms with Gasteiger partial charge >= 0.3 is 0 Å². The number of aliphatic hydroxyl groups is 1. The summed E-state index contributed by atoms with van der Waals surface area (Å²) < 4.78 is 0. The average Bonchev–Trinajstić information content (AvgIpc) is 2.47. The SMILES string of the molecule is CCCc1ccc(C(C)NCC(O)C(CC)CC)cc1. The Morgan fingerprint density at radius 2 is 1.65 bits per heavy atom. The normalized spacial score (nSPS) is 14.5. The predicted octanol–water partition coefficient (Wildman–Crippen LogP) is 4.09. The van der Waals surface area contributed by atoms with Crippen molar-refractivity contribution < 1.29 is 5.11 Å². The van der Waals surface area contributed by atoms with Crippen molar-refractivity contribution in [2.24, 2.45) is 5.92 Å². The van der Waals surface area contributed by atoms with Gasteiger partial charge < -0.3 is 10.4 Å². The number of hydrogen-bond acceptors (Lipinski definition) is 2. The molecule has 2 heteroatoms. The molecule has 1 aromatic carbocycles. The van der Waals surface area contributed by atoms with E-state index in [1.807, 2.05) is 0 Å². The van der Waals surface area contributed by atoms with E-state index in [-0.39, 0.29) is 12.1 Å². The van der Waals surface area contributed by atoms with E-state index in [4.69, 9.17) is 0 Å². The van der Waals surface area contributed by atoms with E-state index in [0.717, 1.165) is 19.3 Å². The summed E-state index contributed by atoms with van der Waals surface area (Å²) in [4.78, 5) is 0. The Kier molecular flexibility index (Phi) is 7.86. The lowest BCUT2D eigenvalue weighted by atomic mass is 9.96. The highest BCUT2D eigenvalue weighted by Crippen LogP contribution is 2.16. The molecule has 2 N–H and O–H groups in total. The second-order valence-corrected chi connectivity index (χ2v) is 5.77. The number of hydrogen-bond donors (Lipinski definition) is 2. The summed E-state index contributed by atoms with van der Waals surface area (Å²) in [5.41, 5.74) is 2.70. The van der Waals surface area contributed by atoms with Gasteiger partial charge in [-0.2, -0.15) is 0 Å². The standard InChI is InChI=1S/C18H31NO/c1-5-8-15-9-11-17(12-10-15)14(4)19-13-18(20)16(6-2)7-3/h9-12,14,16,18-20H,5-8,13H2,1-4H3. The van der Waals surface area contributed by atoms with E-state index in [0.29, 0.717) is 12.5 Å². The van der Waals surface area contributed by atoms with Gasteiger partial charge in [0, 0.05) is 12.6 Å². The zero-order chi connectivity index (χ0) is 15.0. The minimum absolute atomic E-state index is 0.244. The third kappa shape index (κ3) is 5.26. The number of aliphatic hydroxyl groups excluding tert-OH is 1. The van der Waals surface area contributed by atoms with Gasteiger partial charge in [0.05, 0.1) is 6.10 Å². The lowest BCUT2D eigenvalue weighted by Crippen LogP contribution is -2.33. The van der Waals surface area contributed by atoms with Gasteiger partial charge in [-0.1, -0.05) is 64.3 Å². The number of rotatable bonds is 9. The Morgan fingerprint density at radius 3 is 2.15 bits per heavy atom. The molecular weight excluding hydrogens is 246 g/mol. The molecule has 0 aliphatic carbocycles. The molecule has 1 rings (SSSR count). The second kappa shape index (κ2) is 9.15. The van der Waals surface area contributed by atoms with Crippen molar-refractivity contribution in [3.8, 4) is 0 Å². The van der Waals surface area contributed by atoms with Crippen molar-refractivity contribution in [3.63, 3.8) is 0 Å². The Hall–Kier alpha value is -0.860. The van der Waals surface area contributed by atoms with Gasteiger partial charge in [-0.05, 0) is 30.4 Å². The van der Waals surface area contributed by atoms with Crippen molar-refractivity contribution in [1.82, 2.24) is 5.32 Å². The molecule has 114 valence electrons. The quantitative estimate of drug-likeness (QED) is 0.712. The molecule has 0 aromatic heterocycles. The van der Waals surface area contributed by atoms with Crippen LogP contribution in [0, 0.1) is 5.92 Å². The molecule has 20 heavy (non-hydrogen) atoms. The number of nitrogens with one attached hydrogen (secondary N) is 1. The van der Waals surface area contributed by atoms with Crippen molar-refractivity contribution in [2.45, 2.75) is 65.5 Å². The van der Waals surface area contributed by atoms with Crippen LogP contribution >= 0.6 is 0 Å². The fraction of sp³-hybridized carbons (Fsp3) is 0.667. The van der Waals surface area contributed by atoms with Gasteiger partial charge in [0.25, 0.3) is 0 Å². The van der Waals surface area contributed by atoms with Crippen LogP contribution < -0.4 is 5.32 Å². The number of aryl methyl sites for hydroxylation is 1. The smallest absolute Gasteiger partial charge is 0.0692 e. The van der Waals surface area contributed by atoms with E-state index in [2.05, 4.69) is 57.3 Å². The topological polar surface area (TPSA) is 32.3 Å². The minimum atomic E-state index is -0.244. The highest BCUT2D eigenvalue weighted by molar-refractivity contribution is 5.24. The zero-order valence-corrected chi connectivity index (χ0v) is 13.5. The second-order valence-electron chi connectivity index (χ2n) is 5.77. The molecule has 0 saturated heterocycles. The van der Waals surface area contributed by atoms with Gasteiger partial charge in [-0.25, -0.2) is 0 Å². The highest BCUT2D eigenvalue weighted by atomic mass is 16.3. The first-order valence-corrected chi connectivity index (χ1v) is 8.12. The third-order valence-electron chi connectivity index (χ3n) is 4.24. The fourth-order valence-electron chi connectivity index (χ4n) is 2.68. The summed E-state index contributed by atoms with van der Waals surface area (Å²) in [7, 11) is 0. The molecule has 0 amide bonds. The van der Waals surface area contributed by atoms with E-state index < -0.39 is 0 Å². The summed E-state index contributed by atoms with van der Waals surface area (Å²) >= 11 is 0. The molecule has 2 unspecified atom stereocenters. The fourth-order valence-corrected chi connectivity index (χ4v) is 2.68. The van der Waals surface area contributed by atoms with Crippen molar-refractivity contribution >= 4 is 0 Å². The average molecular weight is 277 g/mol. The molecule has 0 spiro atoms. The summed E-state index contributed by atoms with van der Waals surface area (Å²) in [6, 6.07) is 9.12. The van der Waals surface area contributed by atoms with E-state index >= 15 is 0 Å². The van der Waals surface area contributed by atoms with Crippen LogP contribution in [0.1, 0.15) is 64.1 Å². The van der Waals surface area contributed by atoms with Gasteiger partial charge in [0.1, 0.15) is 0 Å². The molecule has 0 fully saturated rings. The molecule has 0 bridgehead atoms. The van der Waals surface area contributed by atoms with Gasteiger partial charge in [-0.15, -0.1) is 0 Å².